The monoisotopic (exact) mass is 237 g/mol. The van der Waals surface area contributed by atoms with Gasteiger partial charge >= 0.3 is 0 Å². The van der Waals surface area contributed by atoms with Crippen molar-refractivity contribution in [2.24, 2.45) is 5.73 Å². The van der Waals surface area contributed by atoms with Gasteiger partial charge in [0, 0.05) is 17.7 Å². The van der Waals surface area contributed by atoms with Gasteiger partial charge in [-0.2, -0.15) is 5.10 Å². The molecule has 4 heteroatoms. The van der Waals surface area contributed by atoms with E-state index < -0.39 is 0 Å². The number of aromatic nitrogens is 2. The summed E-state index contributed by atoms with van der Waals surface area (Å²) in [5.74, 6) is 1.18. The third kappa shape index (κ3) is 1.59. The van der Waals surface area contributed by atoms with Gasteiger partial charge in [0.15, 0.2) is 0 Å². The Balaban J connectivity index is 1.93. The van der Waals surface area contributed by atoms with Crippen molar-refractivity contribution in [3.8, 4) is 0 Å². The van der Waals surface area contributed by atoms with Crippen LogP contribution in [0.15, 0.2) is 11.1 Å². The van der Waals surface area contributed by atoms with Crippen LogP contribution in [0.3, 0.4) is 0 Å². The Bertz CT molecular complexity index is 358. The Hall–Kier alpha value is -0.480. The van der Waals surface area contributed by atoms with Crippen LogP contribution in [-0.4, -0.2) is 22.1 Å². The molecule has 3 rings (SSSR count). The van der Waals surface area contributed by atoms with Crippen molar-refractivity contribution in [3.05, 3.63) is 11.8 Å². The van der Waals surface area contributed by atoms with Crippen molar-refractivity contribution >= 4 is 11.8 Å². The van der Waals surface area contributed by atoms with Gasteiger partial charge in [-0.3, -0.25) is 4.68 Å². The zero-order chi connectivity index (χ0) is 11.0. The second-order valence-corrected chi connectivity index (χ2v) is 6.10. The highest BCUT2D eigenvalue weighted by atomic mass is 32.2. The molecule has 2 N–H and O–H groups in total. The van der Waals surface area contributed by atoms with E-state index in [1.54, 1.807) is 0 Å². The first-order valence-electron chi connectivity index (χ1n) is 6.25. The van der Waals surface area contributed by atoms with Crippen molar-refractivity contribution in [2.75, 3.05) is 12.3 Å². The summed E-state index contributed by atoms with van der Waals surface area (Å²) < 4.78 is 2.16. The van der Waals surface area contributed by atoms with E-state index in [9.17, 15) is 0 Å². The summed E-state index contributed by atoms with van der Waals surface area (Å²) in [6.07, 6.45) is 6.44. The molecule has 0 aromatic carbocycles. The lowest BCUT2D eigenvalue weighted by Gasteiger charge is -2.34. The average Bonchev–Trinajstić information content (AvgIpc) is 2.90. The molecule has 2 heterocycles. The molecule has 1 aromatic heterocycles. The van der Waals surface area contributed by atoms with Gasteiger partial charge in [-0.25, -0.2) is 0 Å². The summed E-state index contributed by atoms with van der Waals surface area (Å²) in [5, 5.41) is 6.11. The van der Waals surface area contributed by atoms with Crippen LogP contribution in [0.1, 0.15) is 37.8 Å². The Morgan fingerprint density at radius 2 is 2.19 bits per heavy atom. The number of hydrogen-bond donors (Lipinski definition) is 1. The molecule has 1 saturated carbocycles. The molecule has 1 aliphatic heterocycles. The molecule has 0 unspecified atom stereocenters. The van der Waals surface area contributed by atoms with Gasteiger partial charge in [-0.1, -0.05) is 19.3 Å². The second kappa shape index (κ2) is 4.08. The number of aryl methyl sites for hydroxylation is 1. The smallest absolute Gasteiger partial charge is 0.0943 e. The van der Waals surface area contributed by atoms with Crippen LogP contribution in [-0.2, 0) is 12.0 Å². The molecule has 0 spiro atoms. The van der Waals surface area contributed by atoms with Gasteiger partial charge in [-0.15, -0.1) is 11.8 Å². The molecular formula is C12H19N3S. The summed E-state index contributed by atoms with van der Waals surface area (Å²) in [7, 11) is 0. The van der Waals surface area contributed by atoms with E-state index in [1.165, 1.54) is 48.6 Å². The number of hydrogen-bond acceptors (Lipinski definition) is 3. The van der Waals surface area contributed by atoms with Crippen LogP contribution in [0.5, 0.6) is 0 Å². The number of thioether (sulfide) groups is 1. The minimum atomic E-state index is 0.191. The van der Waals surface area contributed by atoms with Crippen LogP contribution in [0.4, 0.5) is 0 Å². The first-order chi connectivity index (χ1) is 7.84. The fraction of sp³-hybridized carbons (Fsp3) is 0.750. The summed E-state index contributed by atoms with van der Waals surface area (Å²) in [4.78, 5) is 0. The van der Waals surface area contributed by atoms with Gasteiger partial charge in [0.1, 0.15) is 0 Å². The Morgan fingerprint density at radius 1 is 1.38 bits per heavy atom. The molecule has 2 aliphatic rings. The fourth-order valence-corrected chi connectivity index (χ4v) is 3.91. The standard InChI is InChI=1S/C12H19N3S/c13-9-12(4-2-1-3-5-12)10-8-11-15(14-10)6-7-16-11/h8H,1-7,9,13H2. The van der Waals surface area contributed by atoms with Crippen molar-refractivity contribution in [2.45, 2.75) is 49.1 Å². The normalized spacial score (nSPS) is 23.3. The molecule has 1 fully saturated rings. The van der Waals surface area contributed by atoms with E-state index in [4.69, 9.17) is 10.8 Å². The summed E-state index contributed by atoms with van der Waals surface area (Å²) in [5.41, 5.74) is 7.48. The van der Waals surface area contributed by atoms with Crippen LogP contribution in [0.2, 0.25) is 0 Å². The second-order valence-electron chi connectivity index (χ2n) is 4.98. The largest absolute Gasteiger partial charge is 0.330 e. The lowest BCUT2D eigenvalue weighted by atomic mass is 9.72. The highest BCUT2D eigenvalue weighted by Gasteiger charge is 2.35. The van der Waals surface area contributed by atoms with E-state index >= 15 is 0 Å². The molecule has 0 saturated heterocycles. The van der Waals surface area contributed by atoms with Crippen molar-refractivity contribution in [3.63, 3.8) is 0 Å². The number of nitrogens with zero attached hydrogens (tertiary/aromatic N) is 2. The predicted molar refractivity (Wildman–Crippen MR) is 66.8 cm³/mol. The quantitative estimate of drug-likeness (QED) is 0.857. The number of rotatable bonds is 2. The zero-order valence-corrected chi connectivity index (χ0v) is 10.4. The van der Waals surface area contributed by atoms with Crippen LogP contribution in [0, 0.1) is 0 Å². The summed E-state index contributed by atoms with van der Waals surface area (Å²) in [6, 6.07) is 2.29. The first kappa shape index (κ1) is 10.7. The SMILES string of the molecule is NCC1(c2cc3n(n2)CCS3)CCCCC1. The fourth-order valence-electron chi connectivity index (χ4n) is 2.97. The Morgan fingerprint density at radius 3 is 2.88 bits per heavy atom. The van der Waals surface area contributed by atoms with E-state index in [1.807, 2.05) is 11.8 Å². The maximum absolute atomic E-state index is 6.03. The third-order valence-corrected chi connectivity index (χ3v) is 5.05. The molecule has 0 radical (unpaired) electrons. The molecule has 0 atom stereocenters. The van der Waals surface area contributed by atoms with Crippen LogP contribution < -0.4 is 5.73 Å². The van der Waals surface area contributed by atoms with E-state index in [0.717, 1.165) is 13.1 Å². The average molecular weight is 237 g/mol. The predicted octanol–water partition coefficient (Wildman–Crippen LogP) is 2.15. The van der Waals surface area contributed by atoms with Gasteiger partial charge in [-0.05, 0) is 18.9 Å². The van der Waals surface area contributed by atoms with Crippen LogP contribution >= 0.6 is 11.8 Å². The minimum Gasteiger partial charge on any atom is -0.330 e. The number of nitrogens with two attached hydrogens (primary N) is 1. The molecular weight excluding hydrogens is 218 g/mol. The first-order valence-corrected chi connectivity index (χ1v) is 7.24. The highest BCUT2D eigenvalue weighted by Crippen LogP contribution is 2.40. The maximum atomic E-state index is 6.03. The van der Waals surface area contributed by atoms with Crippen molar-refractivity contribution < 1.29 is 0 Å². The molecule has 1 aromatic rings. The lowest BCUT2D eigenvalue weighted by molar-refractivity contribution is 0.291. The molecule has 1 aliphatic carbocycles. The van der Waals surface area contributed by atoms with E-state index in [0.29, 0.717) is 0 Å². The molecule has 3 nitrogen and oxygen atoms in total. The summed E-state index contributed by atoms with van der Waals surface area (Å²) >= 11 is 1.92. The van der Waals surface area contributed by atoms with Gasteiger partial charge < -0.3 is 5.73 Å². The van der Waals surface area contributed by atoms with Gasteiger partial charge in [0.25, 0.3) is 0 Å². The van der Waals surface area contributed by atoms with Crippen LogP contribution in [0.25, 0.3) is 0 Å². The van der Waals surface area contributed by atoms with Crippen molar-refractivity contribution in [1.29, 1.82) is 0 Å². The number of fused-ring (bicyclic) bond motifs is 1. The van der Waals surface area contributed by atoms with Gasteiger partial charge in [0.05, 0.1) is 17.3 Å². The Kier molecular flexibility index (Phi) is 2.72. The Labute approximate surface area is 101 Å². The summed E-state index contributed by atoms with van der Waals surface area (Å²) in [6.45, 7) is 1.83. The van der Waals surface area contributed by atoms with E-state index in [2.05, 4.69) is 10.7 Å². The lowest BCUT2D eigenvalue weighted by Crippen LogP contribution is -2.37. The molecule has 88 valence electrons. The van der Waals surface area contributed by atoms with E-state index in [-0.39, 0.29) is 5.41 Å². The van der Waals surface area contributed by atoms with Gasteiger partial charge in [0.2, 0.25) is 0 Å². The minimum absolute atomic E-state index is 0.191. The molecule has 0 amide bonds. The maximum Gasteiger partial charge on any atom is 0.0943 e. The molecule has 0 bridgehead atoms. The third-order valence-electron chi connectivity index (χ3n) is 4.04. The van der Waals surface area contributed by atoms with Crippen molar-refractivity contribution in [1.82, 2.24) is 9.78 Å². The zero-order valence-electron chi connectivity index (χ0n) is 9.61. The molecule has 16 heavy (non-hydrogen) atoms. The topological polar surface area (TPSA) is 43.8 Å². The highest BCUT2D eigenvalue weighted by molar-refractivity contribution is 7.99.